The lowest BCUT2D eigenvalue weighted by molar-refractivity contribution is -0.131. The molecule has 1 aliphatic heterocycles. The van der Waals surface area contributed by atoms with Gasteiger partial charge in [0.25, 0.3) is 0 Å². The van der Waals surface area contributed by atoms with Gasteiger partial charge in [-0.25, -0.2) is 9.97 Å². The van der Waals surface area contributed by atoms with Gasteiger partial charge in [0.2, 0.25) is 11.9 Å². The molecule has 1 amide bonds. The highest BCUT2D eigenvalue weighted by atomic mass is 127. The topological polar surface area (TPSA) is 98.6 Å². The van der Waals surface area contributed by atoms with Crippen LogP contribution in [-0.4, -0.2) is 71.5 Å². The molecule has 9 nitrogen and oxygen atoms in total. The molecule has 0 unspecified atom stereocenters. The maximum Gasteiger partial charge on any atom is 0.225 e. The minimum absolute atomic E-state index is 0. The molecule has 0 bridgehead atoms. The first-order valence-corrected chi connectivity index (χ1v) is 9.40. The molecule has 0 radical (unpaired) electrons. The van der Waals surface area contributed by atoms with E-state index in [-0.39, 0.29) is 29.9 Å². The van der Waals surface area contributed by atoms with Crippen molar-refractivity contribution < 1.29 is 4.79 Å². The first-order chi connectivity index (χ1) is 13.8. The Kier molecular flexibility index (Phi) is 9.54. The number of guanidine groups is 1. The highest BCUT2D eigenvalue weighted by Crippen LogP contribution is 2.10. The smallest absolute Gasteiger partial charge is 0.225 e. The van der Waals surface area contributed by atoms with E-state index < -0.39 is 0 Å². The quantitative estimate of drug-likeness (QED) is 0.339. The average Bonchev–Trinajstić information content (AvgIpc) is 2.77. The summed E-state index contributed by atoms with van der Waals surface area (Å²) < 4.78 is 0. The van der Waals surface area contributed by atoms with Crippen LogP contribution in [0.2, 0.25) is 0 Å². The molecule has 2 aromatic heterocycles. The number of aliphatic imine (C=N–C) groups is 1. The lowest BCUT2D eigenvalue weighted by Gasteiger charge is -2.34. The van der Waals surface area contributed by atoms with Gasteiger partial charge in [-0.15, -0.1) is 24.0 Å². The van der Waals surface area contributed by atoms with Crippen molar-refractivity contribution in [3.05, 3.63) is 48.5 Å². The van der Waals surface area contributed by atoms with Crippen LogP contribution in [0.25, 0.3) is 0 Å². The number of carbonyl (C=O) groups excluding carboxylic acids is 1. The number of piperazine rings is 1. The predicted molar refractivity (Wildman–Crippen MR) is 123 cm³/mol. The van der Waals surface area contributed by atoms with E-state index in [0.29, 0.717) is 38.6 Å². The molecule has 1 fully saturated rings. The van der Waals surface area contributed by atoms with Gasteiger partial charge < -0.3 is 20.4 Å². The maximum atomic E-state index is 12.5. The molecule has 2 N–H and O–H groups in total. The van der Waals surface area contributed by atoms with Crippen LogP contribution in [-0.2, 0) is 11.3 Å². The normalized spacial score (nSPS) is 14.2. The summed E-state index contributed by atoms with van der Waals surface area (Å²) in [6, 6.07) is 7.58. The third kappa shape index (κ3) is 7.11. The average molecular weight is 510 g/mol. The van der Waals surface area contributed by atoms with E-state index in [4.69, 9.17) is 0 Å². The fraction of sp³-hybridized carbons (Fsp3) is 0.421. The number of hydrogen-bond acceptors (Lipinski definition) is 6. The van der Waals surface area contributed by atoms with Gasteiger partial charge in [-0.3, -0.25) is 14.8 Å². The van der Waals surface area contributed by atoms with Crippen LogP contribution >= 0.6 is 24.0 Å². The van der Waals surface area contributed by atoms with Crippen LogP contribution in [0.5, 0.6) is 0 Å². The molecule has 0 aromatic carbocycles. The van der Waals surface area contributed by atoms with E-state index in [2.05, 4.69) is 35.5 Å². The number of nitrogens with zero attached hydrogens (tertiary/aromatic N) is 6. The van der Waals surface area contributed by atoms with Crippen molar-refractivity contribution in [2.24, 2.45) is 4.99 Å². The van der Waals surface area contributed by atoms with Crippen molar-refractivity contribution in [3.8, 4) is 0 Å². The van der Waals surface area contributed by atoms with Gasteiger partial charge in [-0.2, -0.15) is 0 Å². The van der Waals surface area contributed by atoms with Crippen LogP contribution in [0.4, 0.5) is 5.95 Å². The van der Waals surface area contributed by atoms with E-state index in [1.54, 1.807) is 31.7 Å². The van der Waals surface area contributed by atoms with Crippen molar-refractivity contribution in [1.29, 1.82) is 0 Å². The molecule has 1 aliphatic rings. The largest absolute Gasteiger partial charge is 0.356 e. The van der Waals surface area contributed by atoms with E-state index in [9.17, 15) is 4.79 Å². The zero-order chi connectivity index (χ0) is 19.6. The third-order valence-electron chi connectivity index (χ3n) is 4.49. The fourth-order valence-electron chi connectivity index (χ4n) is 2.95. The molecule has 2 aromatic rings. The monoisotopic (exact) mass is 510 g/mol. The SMILES string of the molecule is CN=C(NCCC(=O)N1CCN(c2ncccn2)CC1)NCc1ccccn1.I. The summed E-state index contributed by atoms with van der Waals surface area (Å²) >= 11 is 0. The number of halogens is 1. The van der Waals surface area contributed by atoms with E-state index in [0.717, 1.165) is 24.7 Å². The molecule has 0 aliphatic carbocycles. The Labute approximate surface area is 188 Å². The number of amides is 1. The van der Waals surface area contributed by atoms with E-state index in [1.807, 2.05) is 23.1 Å². The van der Waals surface area contributed by atoms with Gasteiger partial charge in [0.05, 0.1) is 12.2 Å². The Hall–Kier alpha value is -2.50. The standard InChI is InChI=1S/C19H26N8O.HI/c1-20-18(25-15-16-5-2-3-7-21-16)22-10-6-17(28)26-11-13-27(14-12-26)19-23-8-4-9-24-19;/h2-5,7-9H,6,10-15H2,1H3,(H2,20,22,25);1H. The van der Waals surface area contributed by atoms with Gasteiger partial charge in [-0.05, 0) is 18.2 Å². The first-order valence-electron chi connectivity index (χ1n) is 9.40. The molecule has 0 saturated carbocycles. The summed E-state index contributed by atoms with van der Waals surface area (Å²) in [5.41, 5.74) is 0.932. The van der Waals surface area contributed by atoms with Crippen LogP contribution in [0.1, 0.15) is 12.1 Å². The van der Waals surface area contributed by atoms with Gasteiger partial charge in [0, 0.05) is 64.8 Å². The van der Waals surface area contributed by atoms with Gasteiger partial charge >= 0.3 is 0 Å². The summed E-state index contributed by atoms with van der Waals surface area (Å²) in [5.74, 6) is 1.52. The minimum atomic E-state index is 0. The molecule has 1 saturated heterocycles. The van der Waals surface area contributed by atoms with Crippen molar-refractivity contribution in [3.63, 3.8) is 0 Å². The molecule has 0 atom stereocenters. The number of aromatic nitrogens is 3. The summed E-state index contributed by atoms with van der Waals surface area (Å²) in [7, 11) is 1.71. The molecule has 0 spiro atoms. The van der Waals surface area contributed by atoms with E-state index in [1.165, 1.54) is 0 Å². The first kappa shape index (κ1) is 22.8. The second kappa shape index (κ2) is 12.1. The number of hydrogen-bond donors (Lipinski definition) is 2. The summed E-state index contributed by atoms with van der Waals surface area (Å²) in [4.78, 5) is 33.4. The van der Waals surface area contributed by atoms with Crippen molar-refractivity contribution in [2.75, 3.05) is 44.7 Å². The van der Waals surface area contributed by atoms with Gasteiger partial charge in [-0.1, -0.05) is 6.07 Å². The fourth-order valence-corrected chi connectivity index (χ4v) is 2.95. The third-order valence-corrected chi connectivity index (χ3v) is 4.49. The minimum Gasteiger partial charge on any atom is -0.356 e. The highest BCUT2D eigenvalue weighted by molar-refractivity contribution is 14.0. The Morgan fingerprint density at radius 1 is 1.03 bits per heavy atom. The van der Waals surface area contributed by atoms with Gasteiger partial charge in [0.1, 0.15) is 0 Å². The second-order valence-corrected chi connectivity index (χ2v) is 6.34. The number of nitrogens with one attached hydrogen (secondary N) is 2. The van der Waals surface area contributed by atoms with Crippen LogP contribution < -0.4 is 15.5 Å². The molecule has 29 heavy (non-hydrogen) atoms. The summed E-state index contributed by atoms with van der Waals surface area (Å²) in [6.45, 7) is 3.97. The Balaban J connectivity index is 0.00000300. The van der Waals surface area contributed by atoms with Crippen LogP contribution in [0.3, 0.4) is 0 Å². The Morgan fingerprint density at radius 3 is 2.41 bits per heavy atom. The van der Waals surface area contributed by atoms with Crippen LogP contribution in [0.15, 0.2) is 47.8 Å². The molecular formula is C19H27IN8O. The molecular weight excluding hydrogens is 483 g/mol. The lowest BCUT2D eigenvalue weighted by Crippen LogP contribution is -2.50. The zero-order valence-electron chi connectivity index (χ0n) is 16.5. The molecule has 3 heterocycles. The predicted octanol–water partition coefficient (Wildman–Crippen LogP) is 0.894. The molecule has 156 valence electrons. The van der Waals surface area contributed by atoms with Crippen molar-refractivity contribution in [1.82, 2.24) is 30.5 Å². The summed E-state index contributed by atoms with van der Waals surface area (Å²) in [5, 5.41) is 6.37. The Bertz CT molecular complexity index is 766. The Morgan fingerprint density at radius 2 is 1.76 bits per heavy atom. The second-order valence-electron chi connectivity index (χ2n) is 6.34. The number of carbonyl (C=O) groups is 1. The number of rotatable bonds is 6. The number of anilines is 1. The van der Waals surface area contributed by atoms with Crippen molar-refractivity contribution in [2.45, 2.75) is 13.0 Å². The molecule has 10 heteroatoms. The van der Waals surface area contributed by atoms with E-state index >= 15 is 0 Å². The molecule has 3 rings (SSSR count). The highest BCUT2D eigenvalue weighted by Gasteiger charge is 2.22. The summed E-state index contributed by atoms with van der Waals surface area (Å²) in [6.07, 6.45) is 5.66. The van der Waals surface area contributed by atoms with Crippen molar-refractivity contribution >= 4 is 41.8 Å². The maximum absolute atomic E-state index is 12.5. The van der Waals surface area contributed by atoms with Gasteiger partial charge in [0.15, 0.2) is 5.96 Å². The van der Waals surface area contributed by atoms with Crippen LogP contribution in [0, 0.1) is 0 Å². The number of pyridine rings is 1. The lowest BCUT2D eigenvalue weighted by atomic mass is 10.3. The zero-order valence-corrected chi connectivity index (χ0v) is 18.8.